The molecule has 0 saturated carbocycles. The zero-order chi connectivity index (χ0) is 55.8. The number of hydrogen-bond acceptors (Lipinski definition) is 3. The Bertz CT molecular complexity index is 3570. The topological polar surface area (TPSA) is 19.6 Å². The molecule has 7 aromatic rings. The van der Waals surface area contributed by atoms with E-state index in [2.05, 4.69) is 142 Å². The van der Waals surface area contributed by atoms with E-state index in [1.165, 1.54) is 0 Å². The van der Waals surface area contributed by atoms with E-state index in [1.807, 2.05) is 39.0 Å². The molecule has 0 unspecified atom stereocenters. The molecule has 0 bridgehead atoms. The summed E-state index contributed by atoms with van der Waals surface area (Å²) in [6, 6.07) is 24.4. The molecule has 10 rings (SSSR count). The lowest BCUT2D eigenvalue weighted by Crippen LogP contribution is -2.61. The number of rotatable bonds is 3. The number of aryl methyl sites for hydroxylation is 1. The summed E-state index contributed by atoms with van der Waals surface area (Å²) in [5.41, 5.74) is 9.71. The van der Waals surface area contributed by atoms with Gasteiger partial charge in [0, 0.05) is 37.8 Å². The molecule has 1 aliphatic carbocycles. The van der Waals surface area contributed by atoms with Gasteiger partial charge < -0.3 is 14.2 Å². The molecule has 3 nitrogen and oxygen atoms in total. The van der Waals surface area contributed by atoms with Crippen LogP contribution in [-0.2, 0) is 32.5 Å². The van der Waals surface area contributed by atoms with Crippen LogP contribution in [0.4, 0.5) is 34.1 Å². The Morgan fingerprint density at radius 3 is 1.66 bits per heavy atom. The quantitative estimate of drug-likeness (QED) is 0.165. The number of furan rings is 1. The van der Waals surface area contributed by atoms with Gasteiger partial charge in [0.2, 0.25) is 0 Å². The van der Waals surface area contributed by atoms with Crippen LogP contribution < -0.4 is 26.4 Å². The fraction of sp³-hybridized carbons (Fsp3) is 0.397. The van der Waals surface area contributed by atoms with Gasteiger partial charge in [-0.15, -0.1) is 0 Å². The summed E-state index contributed by atoms with van der Waals surface area (Å²) in [6.07, 6.45) is 1.69. The Kier molecular flexibility index (Phi) is 7.85. The Hall–Kier alpha value is -5.48. The van der Waals surface area contributed by atoms with Gasteiger partial charge in [-0.05, 0) is 162 Å². The van der Waals surface area contributed by atoms with Gasteiger partial charge in [0.25, 0.3) is 6.71 Å². The van der Waals surface area contributed by atoms with Gasteiger partial charge in [0.05, 0.1) is 25.3 Å². The summed E-state index contributed by atoms with van der Waals surface area (Å²) in [5.74, 6) is 0. The molecule has 4 heteroatoms. The molecule has 0 amide bonds. The van der Waals surface area contributed by atoms with E-state index in [0.29, 0.717) is 56.5 Å². The molecule has 0 saturated heterocycles. The lowest BCUT2D eigenvalue weighted by molar-refractivity contribution is 0.332. The van der Waals surface area contributed by atoms with Gasteiger partial charge in [-0.2, -0.15) is 0 Å². The normalized spacial score (nSPS) is 18.6. The summed E-state index contributed by atoms with van der Waals surface area (Å²) in [5, 5.41) is 0.522. The molecule has 67 heavy (non-hydrogen) atoms. The maximum absolute atomic E-state index is 10.4. The SMILES string of the molecule is [2H]c1c([2H])c(C(C)(C)C)c([2H])c([2H])c1-c1cc(C(C)(C)C)ccc1N1c2ccc(C(C)(C)C)cc2B2c3oc4c([2H])c5c(c([2H])c4c3N(c3ccc(C(C)(C)C)cc3)c3cc(C([2H])([2H])[2H])cc1c32)C(C)(C)CCC5(C)C. The van der Waals surface area contributed by atoms with Crippen molar-refractivity contribution in [3.63, 3.8) is 0 Å². The highest BCUT2D eigenvalue weighted by molar-refractivity contribution is 7.00. The molecule has 0 radical (unpaired) electrons. The third kappa shape index (κ3) is 7.39. The summed E-state index contributed by atoms with van der Waals surface area (Å²) in [7, 11) is 0. The van der Waals surface area contributed by atoms with Gasteiger partial charge in [0.1, 0.15) is 5.58 Å². The second-order valence-corrected chi connectivity index (χ2v) is 25.1. The van der Waals surface area contributed by atoms with Crippen molar-refractivity contribution in [2.24, 2.45) is 0 Å². The summed E-state index contributed by atoms with van der Waals surface area (Å²) in [4.78, 5) is 4.15. The van der Waals surface area contributed by atoms with E-state index in [1.54, 1.807) is 12.1 Å². The lowest BCUT2D eigenvalue weighted by atomic mass is 9.35. The van der Waals surface area contributed by atoms with Crippen LogP contribution in [0, 0.1) is 6.85 Å². The van der Waals surface area contributed by atoms with E-state index in [0.717, 1.165) is 63.0 Å². The zero-order valence-corrected chi connectivity index (χ0v) is 42.7. The molecule has 0 spiro atoms. The van der Waals surface area contributed by atoms with Crippen LogP contribution in [-0.4, -0.2) is 6.71 Å². The highest BCUT2D eigenvalue weighted by atomic mass is 16.3. The second-order valence-electron chi connectivity index (χ2n) is 25.1. The number of anilines is 6. The fourth-order valence-electron chi connectivity index (χ4n) is 10.6. The number of hydrogen-bond donors (Lipinski definition) is 0. The van der Waals surface area contributed by atoms with Gasteiger partial charge >= 0.3 is 0 Å². The van der Waals surface area contributed by atoms with Crippen LogP contribution in [0.3, 0.4) is 0 Å². The minimum absolute atomic E-state index is 0.0894. The lowest BCUT2D eigenvalue weighted by Gasteiger charge is -2.44. The summed E-state index contributed by atoms with van der Waals surface area (Å²) < 4.78 is 94.0. The maximum Gasteiger partial charge on any atom is 0.297 e. The molecule has 0 fully saturated rings. The molecule has 3 aliphatic rings. The van der Waals surface area contributed by atoms with Crippen LogP contribution in [0.25, 0.3) is 22.1 Å². The zero-order valence-electron chi connectivity index (χ0n) is 51.7. The minimum Gasteiger partial charge on any atom is -0.468 e. The first-order chi connectivity index (χ1) is 34.9. The average Bonchev–Trinajstić information content (AvgIpc) is 3.70. The third-order valence-corrected chi connectivity index (χ3v) is 15.0. The molecule has 0 atom stereocenters. The van der Waals surface area contributed by atoms with Gasteiger partial charge in [-0.3, -0.25) is 0 Å². The van der Waals surface area contributed by atoms with Crippen molar-refractivity contribution >= 4 is 68.4 Å². The molecule has 0 N–H and O–H groups in total. The molecule has 6 aromatic carbocycles. The Labute approximate surface area is 415 Å². The number of fused-ring (bicyclic) bond motifs is 7. The first-order valence-corrected chi connectivity index (χ1v) is 24.3. The summed E-state index contributed by atoms with van der Waals surface area (Å²) >= 11 is 0. The van der Waals surface area contributed by atoms with E-state index >= 15 is 0 Å². The van der Waals surface area contributed by atoms with Crippen molar-refractivity contribution in [1.29, 1.82) is 0 Å². The standard InChI is InChI=1S/C63H73BN2O/c1-38-32-52-55-53(33-38)66(50-28-24-42(60(8,9)10)34-45(50)39-18-20-40(21-19-39)58(2,3)4)51-29-25-43(61(11,12)13)35-49(51)64(55)57-56(65(52)44-26-22-41(23-27-44)59(5,6)7)46-36-47-48(37-54(46)67-57)63(16,17)31-30-62(47,14)15/h18-29,32-37H,30-31H2,1-17H3/i1D3,18D,19D,20D,21D,36D,37D. The predicted octanol–water partition coefficient (Wildman–Crippen LogP) is 16.0. The van der Waals surface area contributed by atoms with Crippen molar-refractivity contribution in [3.8, 4) is 11.1 Å². The van der Waals surface area contributed by atoms with Crippen LogP contribution in [0.15, 0.2) is 113 Å². The van der Waals surface area contributed by atoms with Crippen LogP contribution in [0.1, 0.15) is 175 Å². The van der Waals surface area contributed by atoms with Crippen molar-refractivity contribution in [2.75, 3.05) is 9.80 Å². The van der Waals surface area contributed by atoms with Crippen LogP contribution in [0.5, 0.6) is 0 Å². The van der Waals surface area contributed by atoms with Gasteiger partial charge in [-0.25, -0.2) is 0 Å². The maximum atomic E-state index is 10.4. The Morgan fingerprint density at radius 1 is 0.567 bits per heavy atom. The minimum atomic E-state index is -2.60. The van der Waals surface area contributed by atoms with E-state index < -0.39 is 29.8 Å². The number of benzene rings is 6. The average molecular weight is 894 g/mol. The largest absolute Gasteiger partial charge is 0.468 e. The van der Waals surface area contributed by atoms with E-state index in [9.17, 15) is 12.3 Å². The van der Waals surface area contributed by atoms with Gasteiger partial charge in [-0.1, -0.05) is 165 Å². The predicted molar refractivity (Wildman–Crippen MR) is 290 cm³/mol. The molecule has 1 aromatic heterocycles. The molecule has 344 valence electrons. The van der Waals surface area contributed by atoms with E-state index in [-0.39, 0.29) is 57.6 Å². The highest BCUT2D eigenvalue weighted by Crippen LogP contribution is 2.53. The first kappa shape index (κ1) is 35.6. The Balaban J connectivity index is 1.41. The van der Waals surface area contributed by atoms with E-state index in [4.69, 9.17) is 4.42 Å². The first-order valence-electron chi connectivity index (χ1n) is 28.8. The summed E-state index contributed by atoms with van der Waals surface area (Å²) in [6.45, 7) is 30.5. The number of nitrogens with zero attached hydrogens (tertiary/aromatic N) is 2. The fourth-order valence-corrected chi connectivity index (χ4v) is 10.6. The third-order valence-electron chi connectivity index (χ3n) is 15.0. The van der Waals surface area contributed by atoms with Crippen LogP contribution >= 0.6 is 0 Å². The smallest absolute Gasteiger partial charge is 0.297 e. The van der Waals surface area contributed by atoms with Crippen molar-refractivity contribution < 1.29 is 16.8 Å². The van der Waals surface area contributed by atoms with Crippen molar-refractivity contribution in [2.45, 2.75) is 163 Å². The van der Waals surface area contributed by atoms with Gasteiger partial charge in [0.15, 0.2) is 0 Å². The monoisotopic (exact) mass is 894 g/mol. The van der Waals surface area contributed by atoms with Crippen molar-refractivity contribution in [1.82, 2.24) is 0 Å². The molecular formula is C63H73BN2O. The second kappa shape index (κ2) is 14.8. The molecule has 2 aliphatic heterocycles. The van der Waals surface area contributed by atoms with Crippen LogP contribution in [0.2, 0.25) is 0 Å². The Morgan fingerprint density at radius 2 is 1.09 bits per heavy atom. The highest BCUT2D eigenvalue weighted by Gasteiger charge is 2.48. The van der Waals surface area contributed by atoms with Crippen molar-refractivity contribution in [3.05, 3.63) is 148 Å². The molecule has 3 heterocycles. The molecular weight excluding hydrogens is 812 g/mol.